The number of ether oxygens (including phenoxy) is 1. The first-order chi connectivity index (χ1) is 14.1. The number of sulfonamides is 1. The lowest BCUT2D eigenvalue weighted by atomic mass is 10.2. The van der Waals surface area contributed by atoms with E-state index in [2.05, 4.69) is 19.7 Å². The third-order valence-electron chi connectivity index (χ3n) is 4.34. The van der Waals surface area contributed by atoms with Crippen LogP contribution in [0, 0.1) is 0 Å². The average Bonchev–Trinajstić information content (AvgIpc) is 2.77. The first-order valence-corrected chi connectivity index (χ1v) is 10.3. The largest absolute Gasteiger partial charge is 0.497 e. The molecule has 0 aliphatic heterocycles. The van der Waals surface area contributed by atoms with Crippen LogP contribution in [0.4, 0.5) is 0 Å². The Balaban J connectivity index is 1.64. The van der Waals surface area contributed by atoms with E-state index in [0.717, 1.165) is 5.39 Å². The fraction of sp³-hybridized carbons (Fsp3) is 0.0952. The van der Waals surface area contributed by atoms with Gasteiger partial charge in [0, 0.05) is 29.9 Å². The van der Waals surface area contributed by atoms with Crippen molar-refractivity contribution in [1.82, 2.24) is 19.7 Å². The Morgan fingerprint density at radius 3 is 2.55 bits per heavy atom. The Morgan fingerprint density at radius 2 is 1.76 bits per heavy atom. The third-order valence-corrected chi connectivity index (χ3v) is 5.78. The molecule has 0 unspecified atom stereocenters. The van der Waals surface area contributed by atoms with Crippen LogP contribution in [0.3, 0.4) is 0 Å². The lowest BCUT2D eigenvalue weighted by Crippen LogP contribution is -2.24. The maximum absolute atomic E-state index is 12.9. The Hall–Kier alpha value is -3.36. The summed E-state index contributed by atoms with van der Waals surface area (Å²) in [5.74, 6) is 0.571. The van der Waals surface area contributed by atoms with Gasteiger partial charge >= 0.3 is 0 Å². The van der Waals surface area contributed by atoms with Crippen LogP contribution in [0.15, 0.2) is 78.0 Å². The van der Waals surface area contributed by atoms with Gasteiger partial charge in [-0.3, -0.25) is 9.97 Å². The van der Waals surface area contributed by atoms with E-state index in [1.165, 1.54) is 6.07 Å². The van der Waals surface area contributed by atoms with Gasteiger partial charge in [-0.1, -0.05) is 24.3 Å². The Labute approximate surface area is 168 Å². The maximum atomic E-state index is 12.9. The van der Waals surface area contributed by atoms with Crippen molar-refractivity contribution in [2.75, 3.05) is 7.11 Å². The molecule has 29 heavy (non-hydrogen) atoms. The Morgan fingerprint density at radius 1 is 0.931 bits per heavy atom. The van der Waals surface area contributed by atoms with Gasteiger partial charge in [-0.05, 0) is 24.3 Å². The molecule has 1 N–H and O–H groups in total. The molecule has 3 heterocycles. The number of para-hydroxylation sites is 1. The van der Waals surface area contributed by atoms with Crippen molar-refractivity contribution in [2.45, 2.75) is 11.4 Å². The number of methoxy groups -OCH3 is 1. The molecule has 0 radical (unpaired) electrons. The molecule has 146 valence electrons. The van der Waals surface area contributed by atoms with Gasteiger partial charge in [0.1, 0.15) is 10.6 Å². The normalized spacial score (nSPS) is 11.5. The first-order valence-electron chi connectivity index (χ1n) is 8.86. The summed E-state index contributed by atoms with van der Waals surface area (Å²) >= 11 is 0. The highest BCUT2D eigenvalue weighted by atomic mass is 32.2. The lowest BCUT2D eigenvalue weighted by Gasteiger charge is -2.11. The zero-order valence-electron chi connectivity index (χ0n) is 15.6. The number of fused-ring (bicyclic) bond motifs is 1. The average molecular weight is 406 g/mol. The van der Waals surface area contributed by atoms with Gasteiger partial charge in [0.25, 0.3) is 0 Å². The van der Waals surface area contributed by atoms with Gasteiger partial charge in [0.15, 0.2) is 0 Å². The highest BCUT2D eigenvalue weighted by Crippen LogP contribution is 2.23. The van der Waals surface area contributed by atoms with Crippen LogP contribution in [0.25, 0.3) is 22.3 Å². The van der Waals surface area contributed by atoms with E-state index in [0.29, 0.717) is 28.3 Å². The van der Waals surface area contributed by atoms with E-state index in [1.807, 2.05) is 30.3 Å². The quantitative estimate of drug-likeness (QED) is 0.529. The topological polar surface area (TPSA) is 94.1 Å². The van der Waals surface area contributed by atoms with Crippen molar-refractivity contribution in [3.63, 3.8) is 0 Å². The molecule has 0 aliphatic carbocycles. The molecule has 0 bridgehead atoms. The second kappa shape index (κ2) is 7.94. The number of hydrogen-bond donors (Lipinski definition) is 1. The van der Waals surface area contributed by atoms with E-state index in [-0.39, 0.29) is 11.4 Å². The van der Waals surface area contributed by atoms with E-state index in [9.17, 15) is 8.42 Å². The molecule has 4 aromatic rings. The summed E-state index contributed by atoms with van der Waals surface area (Å²) in [6.07, 6.45) is 3.25. The van der Waals surface area contributed by atoms with Crippen molar-refractivity contribution in [1.29, 1.82) is 0 Å². The highest BCUT2D eigenvalue weighted by molar-refractivity contribution is 7.89. The number of hydrogen-bond acceptors (Lipinski definition) is 6. The van der Waals surface area contributed by atoms with Crippen LogP contribution < -0.4 is 9.46 Å². The number of benzene rings is 1. The fourth-order valence-electron chi connectivity index (χ4n) is 2.95. The summed E-state index contributed by atoms with van der Waals surface area (Å²) in [6, 6.07) is 17.6. The molecule has 8 heteroatoms. The Bertz CT molecular complexity index is 1260. The molecule has 7 nitrogen and oxygen atoms in total. The molecule has 4 rings (SSSR count). The molecular weight excluding hydrogens is 388 g/mol. The van der Waals surface area contributed by atoms with E-state index in [1.54, 1.807) is 43.8 Å². The minimum Gasteiger partial charge on any atom is -0.497 e. The van der Waals surface area contributed by atoms with Gasteiger partial charge in [-0.15, -0.1) is 0 Å². The SMILES string of the molecule is COc1cc(CNS(=O)(=O)c2cccc3cccnc23)nc(-c2ccccn2)c1. The van der Waals surface area contributed by atoms with Crippen molar-refractivity contribution >= 4 is 20.9 Å². The smallest absolute Gasteiger partial charge is 0.243 e. The second-order valence-corrected chi connectivity index (χ2v) is 7.99. The van der Waals surface area contributed by atoms with Gasteiger partial charge in [-0.2, -0.15) is 0 Å². The van der Waals surface area contributed by atoms with Gasteiger partial charge in [-0.25, -0.2) is 18.1 Å². The van der Waals surface area contributed by atoms with Crippen LogP contribution in [0.5, 0.6) is 5.75 Å². The van der Waals surface area contributed by atoms with Crippen molar-refractivity contribution < 1.29 is 13.2 Å². The third kappa shape index (κ3) is 4.08. The summed E-state index contributed by atoms with van der Waals surface area (Å²) < 4.78 is 33.8. The fourth-order valence-corrected chi connectivity index (χ4v) is 4.13. The number of rotatable bonds is 6. The standard InChI is InChI=1S/C21H18N4O3S/c1-28-17-12-16(25-19(13-17)18-8-2-3-10-22-18)14-24-29(26,27)20-9-4-6-15-7-5-11-23-21(15)20/h2-13,24H,14H2,1H3. The van der Waals surface area contributed by atoms with Crippen LogP contribution in [-0.2, 0) is 16.6 Å². The number of pyridine rings is 3. The molecule has 0 spiro atoms. The van der Waals surface area contributed by atoms with Crippen molar-refractivity contribution in [2.24, 2.45) is 0 Å². The van der Waals surface area contributed by atoms with Crippen molar-refractivity contribution in [3.8, 4) is 17.1 Å². The monoisotopic (exact) mass is 406 g/mol. The Kier molecular flexibility index (Phi) is 5.20. The predicted molar refractivity (Wildman–Crippen MR) is 110 cm³/mol. The van der Waals surface area contributed by atoms with Crippen LogP contribution >= 0.6 is 0 Å². The van der Waals surface area contributed by atoms with E-state index < -0.39 is 10.0 Å². The molecule has 0 amide bonds. The lowest BCUT2D eigenvalue weighted by molar-refractivity contribution is 0.413. The minimum absolute atomic E-state index is 0.00257. The molecular formula is C21H18N4O3S. The molecule has 3 aromatic heterocycles. The van der Waals surface area contributed by atoms with Crippen LogP contribution in [0.2, 0.25) is 0 Å². The van der Waals surface area contributed by atoms with Gasteiger partial charge in [0.2, 0.25) is 10.0 Å². The number of nitrogens with zero attached hydrogens (tertiary/aromatic N) is 3. The molecule has 1 aromatic carbocycles. The second-order valence-electron chi connectivity index (χ2n) is 6.25. The predicted octanol–water partition coefficient (Wildman–Crippen LogP) is 3.18. The van der Waals surface area contributed by atoms with Gasteiger partial charge < -0.3 is 4.74 Å². The zero-order valence-corrected chi connectivity index (χ0v) is 16.4. The molecule has 0 saturated carbocycles. The minimum atomic E-state index is -3.79. The number of aromatic nitrogens is 3. The summed E-state index contributed by atoms with van der Waals surface area (Å²) in [6.45, 7) is 0.00257. The van der Waals surface area contributed by atoms with E-state index in [4.69, 9.17) is 4.74 Å². The summed E-state index contributed by atoms with van der Waals surface area (Å²) in [5.41, 5.74) is 2.22. The van der Waals surface area contributed by atoms with Crippen molar-refractivity contribution in [3.05, 3.63) is 78.8 Å². The molecule has 0 saturated heterocycles. The van der Waals surface area contributed by atoms with E-state index >= 15 is 0 Å². The maximum Gasteiger partial charge on any atom is 0.243 e. The summed E-state index contributed by atoms with van der Waals surface area (Å²) in [7, 11) is -2.24. The first kappa shape index (κ1) is 19.0. The zero-order chi connectivity index (χ0) is 20.3. The summed E-state index contributed by atoms with van der Waals surface area (Å²) in [5, 5.41) is 0.757. The molecule has 0 fully saturated rings. The van der Waals surface area contributed by atoms with Crippen LogP contribution in [0.1, 0.15) is 5.69 Å². The van der Waals surface area contributed by atoms with Crippen LogP contribution in [-0.4, -0.2) is 30.5 Å². The number of nitrogens with one attached hydrogen (secondary N) is 1. The molecule has 0 atom stereocenters. The van der Waals surface area contributed by atoms with Gasteiger partial charge in [0.05, 0.1) is 36.3 Å². The highest BCUT2D eigenvalue weighted by Gasteiger charge is 2.18. The summed E-state index contributed by atoms with van der Waals surface area (Å²) in [4.78, 5) is 13.2. The molecule has 0 aliphatic rings.